The molecule has 0 aliphatic rings. The van der Waals surface area contributed by atoms with Crippen molar-refractivity contribution in [1.82, 2.24) is 9.97 Å². The van der Waals surface area contributed by atoms with Crippen molar-refractivity contribution in [2.75, 3.05) is 10.6 Å². The van der Waals surface area contributed by atoms with Crippen LogP contribution in [-0.2, 0) is 0 Å². The number of benzene rings is 2. The highest BCUT2D eigenvalue weighted by atomic mass is 15.1. The van der Waals surface area contributed by atoms with Crippen LogP contribution in [0, 0.1) is 11.3 Å². The van der Waals surface area contributed by atoms with Gasteiger partial charge in [0.05, 0.1) is 11.3 Å². The largest absolute Gasteiger partial charge is 0.363 e. The summed E-state index contributed by atoms with van der Waals surface area (Å²) in [5.41, 5.74) is 2.42. The molecule has 0 bridgehead atoms. The highest BCUT2D eigenvalue weighted by Crippen LogP contribution is 2.20. The molecular weight excluding hydrogens is 298 g/mol. The van der Waals surface area contributed by atoms with Gasteiger partial charge >= 0.3 is 0 Å². The van der Waals surface area contributed by atoms with Gasteiger partial charge in [0.2, 0.25) is 5.95 Å². The Morgan fingerprint density at radius 1 is 1.00 bits per heavy atom. The van der Waals surface area contributed by atoms with Gasteiger partial charge in [0.1, 0.15) is 11.9 Å². The van der Waals surface area contributed by atoms with Crippen molar-refractivity contribution in [2.24, 2.45) is 0 Å². The normalized spacial score (nSPS) is 11.3. The van der Waals surface area contributed by atoms with Crippen LogP contribution in [0.4, 0.5) is 17.5 Å². The van der Waals surface area contributed by atoms with Gasteiger partial charge in [0.15, 0.2) is 0 Å². The van der Waals surface area contributed by atoms with E-state index in [1.807, 2.05) is 42.5 Å². The van der Waals surface area contributed by atoms with Crippen LogP contribution in [0.2, 0.25) is 0 Å². The van der Waals surface area contributed by atoms with E-state index in [0.29, 0.717) is 17.2 Å². The molecule has 1 unspecified atom stereocenters. The second kappa shape index (κ2) is 7.25. The van der Waals surface area contributed by atoms with Crippen LogP contribution in [0.25, 0.3) is 0 Å². The number of anilines is 3. The first-order valence-corrected chi connectivity index (χ1v) is 7.67. The van der Waals surface area contributed by atoms with E-state index in [0.717, 1.165) is 5.82 Å². The molecule has 5 heteroatoms. The predicted molar refractivity (Wildman–Crippen MR) is 95.0 cm³/mol. The van der Waals surface area contributed by atoms with Gasteiger partial charge in [-0.15, -0.1) is 0 Å². The fourth-order valence-electron chi connectivity index (χ4n) is 2.36. The summed E-state index contributed by atoms with van der Waals surface area (Å²) in [6.07, 6.45) is 1.68. The molecule has 3 rings (SSSR count). The second-order valence-corrected chi connectivity index (χ2v) is 5.32. The van der Waals surface area contributed by atoms with Gasteiger partial charge < -0.3 is 10.6 Å². The van der Waals surface area contributed by atoms with Crippen LogP contribution in [0.5, 0.6) is 0 Å². The van der Waals surface area contributed by atoms with Crippen molar-refractivity contribution in [3.05, 3.63) is 78.0 Å². The van der Waals surface area contributed by atoms with Crippen LogP contribution in [-0.4, -0.2) is 9.97 Å². The van der Waals surface area contributed by atoms with Crippen LogP contribution in [0.3, 0.4) is 0 Å². The quantitative estimate of drug-likeness (QED) is 0.735. The summed E-state index contributed by atoms with van der Waals surface area (Å²) in [5.74, 6) is 1.17. The first kappa shape index (κ1) is 15.5. The van der Waals surface area contributed by atoms with Crippen molar-refractivity contribution in [3.8, 4) is 6.07 Å². The van der Waals surface area contributed by atoms with Crippen molar-refractivity contribution >= 4 is 17.5 Å². The van der Waals surface area contributed by atoms with E-state index in [4.69, 9.17) is 5.26 Å². The van der Waals surface area contributed by atoms with E-state index in [1.165, 1.54) is 5.56 Å². The fraction of sp³-hybridized carbons (Fsp3) is 0.105. The minimum atomic E-state index is 0.125. The van der Waals surface area contributed by atoms with Gasteiger partial charge in [-0.25, -0.2) is 4.98 Å². The molecule has 0 spiro atoms. The third-order valence-corrected chi connectivity index (χ3v) is 3.61. The Labute approximate surface area is 141 Å². The van der Waals surface area contributed by atoms with Gasteiger partial charge in [0, 0.05) is 12.2 Å². The third kappa shape index (κ3) is 3.68. The van der Waals surface area contributed by atoms with Gasteiger partial charge in [-0.2, -0.15) is 10.2 Å². The lowest BCUT2D eigenvalue weighted by molar-refractivity contribution is 0.873. The molecule has 118 valence electrons. The van der Waals surface area contributed by atoms with Gasteiger partial charge in [0.25, 0.3) is 0 Å². The number of hydrogen-bond acceptors (Lipinski definition) is 5. The molecular formula is C19H17N5. The first-order chi connectivity index (χ1) is 11.8. The van der Waals surface area contributed by atoms with Crippen LogP contribution >= 0.6 is 0 Å². The molecule has 2 N–H and O–H groups in total. The topological polar surface area (TPSA) is 73.6 Å². The first-order valence-electron chi connectivity index (χ1n) is 7.67. The number of nitriles is 1. The molecule has 24 heavy (non-hydrogen) atoms. The smallest absolute Gasteiger partial charge is 0.229 e. The number of nitrogens with zero attached hydrogens (tertiary/aromatic N) is 3. The summed E-state index contributed by atoms with van der Waals surface area (Å²) in [7, 11) is 0. The summed E-state index contributed by atoms with van der Waals surface area (Å²) in [6.45, 7) is 2.08. The number of para-hydroxylation sites is 1. The van der Waals surface area contributed by atoms with Crippen LogP contribution in [0.15, 0.2) is 66.9 Å². The lowest BCUT2D eigenvalue weighted by Crippen LogP contribution is -2.09. The zero-order valence-corrected chi connectivity index (χ0v) is 13.3. The second-order valence-electron chi connectivity index (χ2n) is 5.32. The van der Waals surface area contributed by atoms with Gasteiger partial charge in [-0.1, -0.05) is 42.5 Å². The molecule has 0 fully saturated rings. The zero-order valence-electron chi connectivity index (χ0n) is 13.3. The molecule has 0 aliphatic carbocycles. The van der Waals surface area contributed by atoms with Crippen molar-refractivity contribution in [2.45, 2.75) is 13.0 Å². The van der Waals surface area contributed by atoms with Crippen molar-refractivity contribution in [1.29, 1.82) is 5.26 Å². The molecule has 3 aromatic rings. The lowest BCUT2D eigenvalue weighted by Gasteiger charge is -2.15. The zero-order chi connectivity index (χ0) is 16.8. The Morgan fingerprint density at radius 2 is 1.75 bits per heavy atom. The standard InChI is InChI=1S/C19H17N5/c1-14(15-7-3-2-4-8-15)22-18-11-12-21-19(24-18)23-17-10-6-5-9-16(17)13-20/h2-12,14H,1H3,(H2,21,22,23,24). The minimum Gasteiger partial charge on any atom is -0.363 e. The summed E-state index contributed by atoms with van der Waals surface area (Å²) in [6, 6.07) is 21.5. The minimum absolute atomic E-state index is 0.125. The van der Waals surface area contributed by atoms with Gasteiger partial charge in [-0.05, 0) is 30.7 Å². The molecule has 1 atom stereocenters. The number of hydrogen-bond donors (Lipinski definition) is 2. The highest BCUT2D eigenvalue weighted by Gasteiger charge is 2.07. The Kier molecular flexibility index (Phi) is 4.68. The van der Waals surface area contributed by atoms with E-state index in [2.05, 4.69) is 45.7 Å². The molecule has 0 amide bonds. The monoisotopic (exact) mass is 315 g/mol. The van der Waals surface area contributed by atoms with E-state index in [9.17, 15) is 0 Å². The Morgan fingerprint density at radius 3 is 2.54 bits per heavy atom. The average molecular weight is 315 g/mol. The van der Waals surface area contributed by atoms with E-state index in [-0.39, 0.29) is 6.04 Å². The maximum absolute atomic E-state index is 9.15. The summed E-state index contributed by atoms with van der Waals surface area (Å²) >= 11 is 0. The van der Waals surface area contributed by atoms with E-state index < -0.39 is 0 Å². The molecule has 2 aromatic carbocycles. The van der Waals surface area contributed by atoms with Gasteiger partial charge in [-0.3, -0.25) is 0 Å². The molecule has 1 heterocycles. The predicted octanol–water partition coefficient (Wildman–Crippen LogP) is 4.26. The fourth-order valence-corrected chi connectivity index (χ4v) is 2.36. The number of nitrogens with one attached hydrogen (secondary N) is 2. The highest BCUT2D eigenvalue weighted by molar-refractivity contribution is 5.63. The maximum atomic E-state index is 9.15. The molecule has 1 aromatic heterocycles. The molecule has 0 aliphatic heterocycles. The molecule has 5 nitrogen and oxygen atoms in total. The third-order valence-electron chi connectivity index (χ3n) is 3.61. The Balaban J connectivity index is 1.76. The summed E-state index contributed by atoms with van der Waals surface area (Å²) in [5, 5.41) is 15.6. The Bertz CT molecular complexity index is 855. The van der Waals surface area contributed by atoms with Crippen LogP contribution in [0.1, 0.15) is 24.1 Å². The SMILES string of the molecule is CC(Nc1ccnc(Nc2ccccc2C#N)n1)c1ccccc1. The number of rotatable bonds is 5. The van der Waals surface area contributed by atoms with Crippen LogP contribution < -0.4 is 10.6 Å². The summed E-state index contributed by atoms with van der Waals surface area (Å²) in [4.78, 5) is 8.68. The number of aromatic nitrogens is 2. The maximum Gasteiger partial charge on any atom is 0.229 e. The molecule has 0 radical (unpaired) electrons. The average Bonchev–Trinajstić information content (AvgIpc) is 2.63. The molecule has 0 saturated heterocycles. The molecule has 0 saturated carbocycles. The lowest BCUT2D eigenvalue weighted by atomic mass is 10.1. The van der Waals surface area contributed by atoms with E-state index >= 15 is 0 Å². The van der Waals surface area contributed by atoms with Crippen molar-refractivity contribution < 1.29 is 0 Å². The van der Waals surface area contributed by atoms with E-state index in [1.54, 1.807) is 12.3 Å². The van der Waals surface area contributed by atoms with Crippen molar-refractivity contribution in [3.63, 3.8) is 0 Å². The Hall–Kier alpha value is -3.39. The summed E-state index contributed by atoms with van der Waals surface area (Å²) < 4.78 is 0.